The Balaban J connectivity index is 3.14. The normalized spacial score (nSPS) is 13.8. The van der Waals surface area contributed by atoms with Crippen molar-refractivity contribution in [1.29, 1.82) is 5.26 Å². The fourth-order valence-corrected chi connectivity index (χ4v) is 1.93. The van der Waals surface area contributed by atoms with Crippen LogP contribution < -0.4 is 10.6 Å². The summed E-state index contributed by atoms with van der Waals surface area (Å²) < 4.78 is 13.6. The number of hydrogen-bond acceptors (Lipinski definition) is 3. The maximum atomic E-state index is 13.6. The van der Waals surface area contributed by atoms with Gasteiger partial charge >= 0.3 is 0 Å². The Hall–Kier alpha value is -1.60. The van der Waals surface area contributed by atoms with E-state index >= 15 is 0 Å². The number of halogens is 1. The van der Waals surface area contributed by atoms with Crippen molar-refractivity contribution in [2.45, 2.75) is 26.8 Å². The Kier molecular flexibility index (Phi) is 4.69. The van der Waals surface area contributed by atoms with Crippen LogP contribution in [0.2, 0.25) is 0 Å². The van der Waals surface area contributed by atoms with Gasteiger partial charge in [0.05, 0.1) is 12.0 Å². The van der Waals surface area contributed by atoms with Crippen LogP contribution in [0.4, 0.5) is 10.1 Å². The fourth-order valence-electron chi connectivity index (χ4n) is 1.93. The second-order valence-electron chi connectivity index (χ2n) is 4.86. The zero-order valence-corrected chi connectivity index (χ0v) is 11.4. The van der Waals surface area contributed by atoms with E-state index in [-0.39, 0.29) is 17.8 Å². The van der Waals surface area contributed by atoms with Gasteiger partial charge in [0.25, 0.3) is 0 Å². The van der Waals surface area contributed by atoms with E-state index in [1.165, 1.54) is 6.07 Å². The molecule has 1 unspecified atom stereocenters. The third-order valence-electron chi connectivity index (χ3n) is 2.98. The summed E-state index contributed by atoms with van der Waals surface area (Å²) in [4.78, 5) is 1.96. The topological polar surface area (TPSA) is 53.0 Å². The average molecular weight is 249 g/mol. The van der Waals surface area contributed by atoms with Gasteiger partial charge in [-0.2, -0.15) is 5.26 Å². The van der Waals surface area contributed by atoms with E-state index in [1.807, 2.05) is 25.8 Å². The lowest BCUT2D eigenvalue weighted by molar-refractivity contribution is 0.611. The van der Waals surface area contributed by atoms with Gasteiger partial charge in [-0.1, -0.05) is 0 Å². The first-order valence-electron chi connectivity index (χ1n) is 6.03. The molecule has 2 atom stereocenters. The Labute approximate surface area is 108 Å². The van der Waals surface area contributed by atoms with E-state index in [0.29, 0.717) is 12.1 Å². The highest BCUT2D eigenvalue weighted by atomic mass is 19.1. The van der Waals surface area contributed by atoms with E-state index in [1.54, 1.807) is 13.0 Å². The first kappa shape index (κ1) is 14.5. The summed E-state index contributed by atoms with van der Waals surface area (Å²) in [5, 5.41) is 8.85. The van der Waals surface area contributed by atoms with Crippen molar-refractivity contribution in [2.75, 3.05) is 18.5 Å². The summed E-state index contributed by atoms with van der Waals surface area (Å²) in [7, 11) is 1.90. The highest BCUT2D eigenvalue weighted by molar-refractivity contribution is 5.56. The lowest BCUT2D eigenvalue weighted by Gasteiger charge is -2.25. The van der Waals surface area contributed by atoms with Crippen molar-refractivity contribution < 1.29 is 4.39 Å². The van der Waals surface area contributed by atoms with E-state index in [9.17, 15) is 4.39 Å². The van der Waals surface area contributed by atoms with Gasteiger partial charge in [-0.3, -0.25) is 0 Å². The van der Waals surface area contributed by atoms with Crippen LogP contribution in [0.1, 0.15) is 31.0 Å². The lowest BCUT2D eigenvalue weighted by Crippen LogP contribution is -2.25. The molecule has 0 aliphatic carbocycles. The molecule has 2 N–H and O–H groups in total. The summed E-state index contributed by atoms with van der Waals surface area (Å²) in [5.41, 5.74) is 8.13. The minimum atomic E-state index is -0.243. The maximum absolute atomic E-state index is 13.6. The molecule has 0 saturated heterocycles. The summed E-state index contributed by atoms with van der Waals surface area (Å²) in [6.45, 7) is 6.01. The van der Waals surface area contributed by atoms with Crippen molar-refractivity contribution in [3.8, 4) is 6.07 Å². The third kappa shape index (κ3) is 3.21. The zero-order valence-electron chi connectivity index (χ0n) is 11.4. The van der Waals surface area contributed by atoms with Crippen molar-refractivity contribution >= 4 is 5.69 Å². The Bertz CT molecular complexity index is 463. The molecule has 0 saturated carbocycles. The van der Waals surface area contributed by atoms with Crippen LogP contribution in [0.25, 0.3) is 0 Å². The molecule has 0 heterocycles. The van der Waals surface area contributed by atoms with E-state index < -0.39 is 0 Å². The quantitative estimate of drug-likeness (QED) is 0.892. The number of nitriles is 1. The molecule has 1 aromatic rings. The van der Waals surface area contributed by atoms with Crippen LogP contribution in [0.3, 0.4) is 0 Å². The second-order valence-corrected chi connectivity index (χ2v) is 4.86. The van der Waals surface area contributed by atoms with Gasteiger partial charge in [0.2, 0.25) is 0 Å². The first-order valence-corrected chi connectivity index (χ1v) is 6.03. The Morgan fingerprint density at radius 3 is 2.56 bits per heavy atom. The highest BCUT2D eigenvalue weighted by Crippen LogP contribution is 2.28. The summed E-state index contributed by atoms with van der Waals surface area (Å²) in [6.07, 6.45) is 0. The molecule has 0 bridgehead atoms. The molecule has 4 heteroatoms. The van der Waals surface area contributed by atoms with Crippen molar-refractivity contribution in [2.24, 2.45) is 11.7 Å². The summed E-state index contributed by atoms with van der Waals surface area (Å²) >= 11 is 0. The fraction of sp³-hybridized carbons (Fsp3) is 0.500. The van der Waals surface area contributed by atoms with E-state index in [0.717, 1.165) is 11.3 Å². The van der Waals surface area contributed by atoms with Gasteiger partial charge in [0.15, 0.2) is 0 Å². The standard InChI is InChI=1S/C14H20FN3/c1-9(7-16)8-18(4)14-5-10(2)13(15)6-12(14)11(3)17/h5-6,9,11H,8,17H2,1-4H3/t9?,11-/m0/s1. The van der Waals surface area contributed by atoms with Gasteiger partial charge in [-0.15, -0.1) is 0 Å². The number of aryl methyl sites for hydroxylation is 1. The second kappa shape index (κ2) is 5.83. The molecular weight excluding hydrogens is 229 g/mol. The minimum absolute atomic E-state index is 0.0821. The third-order valence-corrected chi connectivity index (χ3v) is 2.98. The molecule has 98 valence electrons. The summed E-state index contributed by atoms with van der Waals surface area (Å²) in [5.74, 6) is -0.325. The number of hydrogen-bond donors (Lipinski definition) is 1. The zero-order chi connectivity index (χ0) is 13.9. The molecule has 0 fully saturated rings. The molecule has 3 nitrogen and oxygen atoms in total. The van der Waals surface area contributed by atoms with Gasteiger partial charge in [-0.25, -0.2) is 4.39 Å². The Morgan fingerprint density at radius 1 is 1.44 bits per heavy atom. The molecule has 0 aliphatic heterocycles. The molecule has 1 rings (SSSR count). The molecule has 18 heavy (non-hydrogen) atoms. The van der Waals surface area contributed by atoms with Gasteiger partial charge in [-0.05, 0) is 44.0 Å². The molecule has 1 aromatic carbocycles. The largest absolute Gasteiger partial charge is 0.373 e. The minimum Gasteiger partial charge on any atom is -0.373 e. The smallest absolute Gasteiger partial charge is 0.126 e. The SMILES string of the molecule is Cc1cc(N(C)CC(C)C#N)c([C@H](C)N)cc1F. The number of benzene rings is 1. The number of rotatable bonds is 4. The average Bonchev–Trinajstić information content (AvgIpc) is 2.31. The molecule has 0 amide bonds. The van der Waals surface area contributed by atoms with E-state index in [4.69, 9.17) is 11.0 Å². The molecular formula is C14H20FN3. The van der Waals surface area contributed by atoms with Crippen molar-refractivity contribution in [3.63, 3.8) is 0 Å². The number of anilines is 1. The van der Waals surface area contributed by atoms with Gasteiger partial charge < -0.3 is 10.6 Å². The predicted molar refractivity (Wildman–Crippen MR) is 71.8 cm³/mol. The molecule has 0 spiro atoms. The van der Waals surface area contributed by atoms with Crippen molar-refractivity contribution in [3.05, 3.63) is 29.1 Å². The van der Waals surface area contributed by atoms with Crippen LogP contribution in [0.5, 0.6) is 0 Å². The highest BCUT2D eigenvalue weighted by Gasteiger charge is 2.15. The van der Waals surface area contributed by atoms with Crippen LogP contribution in [-0.4, -0.2) is 13.6 Å². The molecule has 0 aliphatic rings. The molecule has 0 radical (unpaired) electrons. The van der Waals surface area contributed by atoms with E-state index in [2.05, 4.69) is 6.07 Å². The monoisotopic (exact) mass is 249 g/mol. The lowest BCUT2D eigenvalue weighted by atomic mass is 10.0. The van der Waals surface area contributed by atoms with Crippen molar-refractivity contribution in [1.82, 2.24) is 0 Å². The first-order chi connectivity index (χ1) is 8.36. The van der Waals surface area contributed by atoms with Crippen LogP contribution in [0, 0.1) is 30.0 Å². The molecule has 0 aromatic heterocycles. The number of nitrogens with zero attached hydrogens (tertiary/aromatic N) is 2. The summed E-state index contributed by atoms with van der Waals surface area (Å²) in [6, 6.07) is 5.23. The van der Waals surface area contributed by atoms with Crippen LogP contribution in [-0.2, 0) is 0 Å². The van der Waals surface area contributed by atoms with Gasteiger partial charge in [0.1, 0.15) is 5.82 Å². The van der Waals surface area contributed by atoms with Crippen LogP contribution in [0.15, 0.2) is 12.1 Å². The van der Waals surface area contributed by atoms with Crippen LogP contribution >= 0.6 is 0 Å². The number of nitrogens with two attached hydrogens (primary N) is 1. The predicted octanol–water partition coefficient (Wildman–Crippen LogP) is 2.75. The Morgan fingerprint density at radius 2 is 2.06 bits per heavy atom. The van der Waals surface area contributed by atoms with Gasteiger partial charge in [0, 0.05) is 25.3 Å². The maximum Gasteiger partial charge on any atom is 0.126 e.